The van der Waals surface area contributed by atoms with Gasteiger partial charge in [-0.15, -0.1) is 0 Å². The van der Waals surface area contributed by atoms with Crippen LogP contribution in [0.3, 0.4) is 0 Å². The molecule has 0 unspecified atom stereocenters. The lowest BCUT2D eigenvalue weighted by Gasteiger charge is -1.93. The lowest BCUT2D eigenvalue weighted by molar-refractivity contribution is -0.138. The third-order valence-corrected chi connectivity index (χ3v) is 1.80. The number of hydrogen-bond donors (Lipinski definition) is 6. The smallest absolute Gasteiger partial charge is 0.344 e. The van der Waals surface area contributed by atoms with Gasteiger partial charge in [-0.3, -0.25) is 13.7 Å². The molecule has 0 aliphatic carbocycles. The first-order valence-corrected chi connectivity index (χ1v) is 6.33. The molecule has 0 spiro atoms. The predicted molar refractivity (Wildman–Crippen MR) is 49.5 cm³/mol. The summed E-state index contributed by atoms with van der Waals surface area (Å²) < 4.78 is 83.3. The Morgan fingerprint density at radius 3 is 1.06 bits per heavy atom. The van der Waals surface area contributed by atoms with Gasteiger partial charge in [-0.1, -0.05) is 7.96 Å². The van der Waals surface area contributed by atoms with Crippen molar-refractivity contribution in [3.63, 3.8) is 0 Å². The highest BCUT2D eigenvalue weighted by Crippen LogP contribution is 1.97. The minimum absolute atomic E-state index is 0. The Labute approximate surface area is 96.1 Å². The molecule has 0 aliphatic heterocycles. The van der Waals surface area contributed by atoms with Gasteiger partial charge in [-0.25, -0.2) is 5.26 Å². The van der Waals surface area contributed by atoms with Gasteiger partial charge in [0.1, 0.15) is 0 Å². The fourth-order valence-electron chi connectivity index (χ4n) is 0.118. The van der Waals surface area contributed by atoms with Gasteiger partial charge in [0.2, 0.25) is 0 Å². The highest BCUT2D eigenvalue weighted by atomic mass is 32.3. The van der Waals surface area contributed by atoms with Crippen molar-refractivity contribution in [2.75, 3.05) is 0 Å². The van der Waals surface area contributed by atoms with Gasteiger partial charge in [0.05, 0.1) is 0 Å². The Balaban J connectivity index is -0.000000105. The zero-order chi connectivity index (χ0) is 12.9. The normalized spacial score (nSPS) is 11.3. The summed E-state index contributed by atoms with van der Waals surface area (Å²) in [6.07, 6.45) is 0. The van der Waals surface area contributed by atoms with Crippen LogP contribution in [0.2, 0.25) is 0 Å². The molecule has 0 saturated heterocycles. The van der Waals surface area contributed by atoms with Crippen LogP contribution in [0.1, 0.15) is 0 Å². The van der Waals surface area contributed by atoms with Crippen molar-refractivity contribution >= 4 is 31.2 Å². The summed E-state index contributed by atoms with van der Waals surface area (Å²) in [7, 11) is -14.9. The molecular weight excluding hydrogens is 316 g/mol. The minimum Gasteiger partial charge on any atom is -0.344 e. The molecule has 10 N–H and O–H groups in total. The van der Waals surface area contributed by atoms with Crippen LogP contribution in [-0.2, 0) is 39.2 Å². The van der Waals surface area contributed by atoms with Crippen molar-refractivity contribution in [1.29, 1.82) is 0 Å². The monoisotopic (exact) mass is 326 g/mol. The molecule has 0 radical (unpaired) electrons. The maximum Gasteiger partial charge on any atom is 0.442 e. The average molecular weight is 326 g/mol. The van der Waals surface area contributed by atoms with Crippen LogP contribution in [0.15, 0.2) is 0 Å². The van der Waals surface area contributed by atoms with Crippen molar-refractivity contribution in [3.8, 4) is 0 Å². The lowest BCUT2D eigenvalue weighted by atomic mass is 14.0. The fraction of sp³-hybridized carbons (Fsp3) is 0. The Bertz CT molecular complexity index is 456. The van der Waals surface area contributed by atoms with E-state index in [9.17, 15) is 16.8 Å². The SMILES string of the molecule is N.N.O=S(=O)(O)O.O=S(=O)(O)OS(=O)(=O)OO. The lowest BCUT2D eigenvalue weighted by Crippen LogP contribution is -2.13. The molecule has 110 valence electrons. The quantitative estimate of drug-likeness (QED) is 0.190. The average Bonchev–Trinajstić information content (AvgIpc) is 1.77. The van der Waals surface area contributed by atoms with Crippen molar-refractivity contribution in [1.82, 2.24) is 12.3 Å². The first kappa shape index (κ1) is 25.4. The van der Waals surface area contributed by atoms with E-state index in [0.29, 0.717) is 0 Å². The molecule has 0 rings (SSSR count). The zero-order valence-corrected chi connectivity index (χ0v) is 10.1. The van der Waals surface area contributed by atoms with Crippen LogP contribution < -0.4 is 12.3 Å². The summed E-state index contributed by atoms with van der Waals surface area (Å²) in [6.45, 7) is 0. The maximum absolute atomic E-state index is 9.78. The van der Waals surface area contributed by atoms with E-state index in [2.05, 4.69) is 7.96 Å². The summed E-state index contributed by atoms with van der Waals surface area (Å²) >= 11 is 0. The highest BCUT2D eigenvalue weighted by molar-refractivity contribution is 7.94. The molecular formula is H10N2O12S3. The van der Waals surface area contributed by atoms with E-state index >= 15 is 0 Å². The molecule has 0 aromatic heterocycles. The van der Waals surface area contributed by atoms with Gasteiger partial charge in [-0.05, 0) is 0 Å². The summed E-state index contributed by atoms with van der Waals surface area (Å²) in [4.78, 5) is 0. The third-order valence-electron chi connectivity index (χ3n) is 0.261. The van der Waals surface area contributed by atoms with E-state index in [1.807, 2.05) is 0 Å². The minimum atomic E-state index is -5.17. The van der Waals surface area contributed by atoms with Crippen molar-refractivity contribution < 1.29 is 52.1 Å². The van der Waals surface area contributed by atoms with Crippen LogP contribution in [-0.4, -0.2) is 44.2 Å². The van der Waals surface area contributed by atoms with Crippen molar-refractivity contribution in [3.05, 3.63) is 0 Å². The van der Waals surface area contributed by atoms with E-state index in [0.717, 1.165) is 0 Å². The molecule has 0 fully saturated rings. The van der Waals surface area contributed by atoms with Crippen molar-refractivity contribution in [2.45, 2.75) is 0 Å². The first-order valence-electron chi connectivity index (χ1n) is 2.23. The van der Waals surface area contributed by atoms with Crippen molar-refractivity contribution in [2.24, 2.45) is 0 Å². The van der Waals surface area contributed by atoms with Gasteiger partial charge in [0.15, 0.2) is 0 Å². The molecule has 17 heavy (non-hydrogen) atoms. The summed E-state index contributed by atoms with van der Waals surface area (Å²) in [5, 5.41) is 7.37. The highest BCUT2D eigenvalue weighted by Gasteiger charge is 2.20. The molecule has 0 atom stereocenters. The second-order valence-electron chi connectivity index (χ2n) is 1.43. The standard InChI is InChI=1S/2H3N.H2O8S2.H2O4S/c;;1-7-10(5,6)8-9(2,3)4;1-5(2,3)4/h2*1H3;1H,(H,2,3,4);(H2,1,2,3,4). The van der Waals surface area contributed by atoms with E-state index in [4.69, 9.17) is 27.3 Å². The zero-order valence-electron chi connectivity index (χ0n) is 7.69. The molecule has 0 saturated carbocycles. The van der Waals surface area contributed by atoms with Crippen LogP contribution in [0, 0.1) is 0 Å². The Kier molecular flexibility index (Phi) is 12.8. The topological polar surface area (TPSA) is 272 Å². The molecule has 0 amide bonds. The van der Waals surface area contributed by atoms with E-state index in [-0.39, 0.29) is 12.3 Å². The molecule has 0 bridgehead atoms. The molecule has 0 heterocycles. The molecule has 0 aromatic rings. The van der Waals surface area contributed by atoms with Crippen LogP contribution in [0.4, 0.5) is 0 Å². The number of rotatable bonds is 3. The second-order valence-corrected chi connectivity index (χ2v) is 4.69. The van der Waals surface area contributed by atoms with E-state index < -0.39 is 31.2 Å². The molecule has 17 heteroatoms. The summed E-state index contributed by atoms with van der Waals surface area (Å²) in [6, 6.07) is 0. The third kappa shape index (κ3) is 39.1. The summed E-state index contributed by atoms with van der Waals surface area (Å²) in [5.74, 6) is 0. The fourth-order valence-corrected chi connectivity index (χ4v) is 1.06. The maximum atomic E-state index is 9.78. The van der Waals surface area contributed by atoms with Gasteiger partial charge < -0.3 is 12.3 Å². The molecule has 14 nitrogen and oxygen atoms in total. The van der Waals surface area contributed by atoms with E-state index in [1.165, 1.54) is 0 Å². The Morgan fingerprint density at radius 2 is 1.00 bits per heavy atom. The largest absolute Gasteiger partial charge is 0.442 e. The van der Waals surface area contributed by atoms with Gasteiger partial charge >= 0.3 is 31.2 Å². The van der Waals surface area contributed by atoms with Gasteiger partial charge in [0, 0.05) is 0 Å². The Hall–Kier alpha value is -0.470. The Morgan fingerprint density at radius 1 is 0.765 bits per heavy atom. The van der Waals surface area contributed by atoms with Crippen LogP contribution in [0.25, 0.3) is 0 Å². The first-order chi connectivity index (χ1) is 6.27. The molecule has 0 aliphatic rings. The van der Waals surface area contributed by atoms with Gasteiger partial charge in [-0.2, -0.15) is 25.3 Å². The van der Waals surface area contributed by atoms with Gasteiger partial charge in [0.25, 0.3) is 0 Å². The number of hydrogen-bond acceptors (Lipinski definition) is 11. The van der Waals surface area contributed by atoms with Crippen LogP contribution in [0.5, 0.6) is 0 Å². The van der Waals surface area contributed by atoms with Crippen LogP contribution >= 0.6 is 0 Å². The van der Waals surface area contributed by atoms with E-state index in [1.54, 1.807) is 0 Å². The summed E-state index contributed by atoms with van der Waals surface area (Å²) in [5.41, 5.74) is 0. The molecule has 0 aromatic carbocycles. The second kappa shape index (κ2) is 8.60. The predicted octanol–water partition coefficient (Wildman–Crippen LogP) is -1.79.